The quantitative estimate of drug-likeness (QED) is 0.381. The van der Waals surface area contributed by atoms with Crippen molar-refractivity contribution >= 4 is 29.6 Å². The number of rotatable bonds is 7. The van der Waals surface area contributed by atoms with Gasteiger partial charge in [0, 0.05) is 6.08 Å². The summed E-state index contributed by atoms with van der Waals surface area (Å²) in [5.41, 5.74) is 0.953. The number of aromatic hydroxyl groups is 1. The predicted molar refractivity (Wildman–Crippen MR) is 126 cm³/mol. The lowest BCUT2D eigenvalue weighted by Crippen LogP contribution is -2.11. The fourth-order valence-electron chi connectivity index (χ4n) is 2.74. The molecule has 0 aliphatic heterocycles. The summed E-state index contributed by atoms with van der Waals surface area (Å²) in [6, 6.07) is 17.3. The molecule has 1 amide bonds. The van der Waals surface area contributed by atoms with Crippen LogP contribution in [0.2, 0.25) is 0 Å². The van der Waals surface area contributed by atoms with Gasteiger partial charge in [0.05, 0.1) is 25.5 Å². The summed E-state index contributed by atoms with van der Waals surface area (Å²) in [6.07, 6.45) is 2.92. The highest BCUT2D eigenvalue weighted by atomic mass is 16.5. The highest BCUT2D eigenvalue weighted by Crippen LogP contribution is 2.28. The van der Waals surface area contributed by atoms with Gasteiger partial charge in [0.25, 0.3) is 0 Å². The average Bonchev–Trinajstić information content (AvgIpc) is 2.83. The summed E-state index contributed by atoms with van der Waals surface area (Å²) in [6.45, 7) is 0. The molecule has 0 spiro atoms. The molecule has 0 aromatic heterocycles. The summed E-state index contributed by atoms with van der Waals surface area (Å²) < 4.78 is 10.3. The standard InChI is InChI=1S/C18H17NO5.C7H6O3/c1-23-15-9-7-12(11-16(15)24-2)8-10-17(20)19-14-6-4-3-5-13(14)18(21)22;8-6-4-2-1-3-5(6)7(9)10/h3-11H,1-2H3,(H,19,20)(H,21,22);1-4,8H,(H,9,10)/b10-8+;. The van der Waals surface area contributed by atoms with Crippen molar-refractivity contribution in [3.8, 4) is 17.2 Å². The van der Waals surface area contributed by atoms with Crippen LogP contribution in [0, 0.1) is 0 Å². The number of aromatic carboxylic acids is 2. The molecule has 4 N–H and O–H groups in total. The van der Waals surface area contributed by atoms with Crippen LogP contribution in [0.3, 0.4) is 0 Å². The molecule has 0 aliphatic carbocycles. The SMILES string of the molecule is COc1ccc(/C=C/C(=O)Nc2ccccc2C(=O)O)cc1OC.O=C(O)c1ccccc1O. The Kier molecular flexibility index (Phi) is 9.21. The van der Waals surface area contributed by atoms with Gasteiger partial charge in [-0.15, -0.1) is 0 Å². The molecule has 0 saturated carbocycles. The third-order valence-corrected chi connectivity index (χ3v) is 4.38. The number of anilines is 1. The van der Waals surface area contributed by atoms with E-state index in [1.807, 2.05) is 0 Å². The number of methoxy groups -OCH3 is 2. The van der Waals surface area contributed by atoms with Crippen LogP contribution >= 0.6 is 0 Å². The van der Waals surface area contributed by atoms with E-state index in [0.717, 1.165) is 5.56 Å². The Morgan fingerprint density at radius 2 is 1.38 bits per heavy atom. The summed E-state index contributed by atoms with van der Waals surface area (Å²) in [7, 11) is 3.07. The molecule has 34 heavy (non-hydrogen) atoms. The van der Waals surface area contributed by atoms with Gasteiger partial charge < -0.3 is 30.1 Å². The third kappa shape index (κ3) is 7.13. The average molecular weight is 465 g/mol. The van der Waals surface area contributed by atoms with Crippen LogP contribution < -0.4 is 14.8 Å². The van der Waals surface area contributed by atoms with Crippen molar-refractivity contribution in [3.63, 3.8) is 0 Å². The molecule has 3 aromatic carbocycles. The monoisotopic (exact) mass is 465 g/mol. The molecule has 0 aliphatic rings. The first kappa shape index (κ1) is 25.5. The van der Waals surface area contributed by atoms with E-state index in [2.05, 4.69) is 5.32 Å². The minimum Gasteiger partial charge on any atom is -0.507 e. The van der Waals surface area contributed by atoms with Gasteiger partial charge in [-0.1, -0.05) is 30.3 Å². The normalized spacial score (nSPS) is 10.1. The van der Waals surface area contributed by atoms with Crippen LogP contribution in [0.15, 0.2) is 72.8 Å². The fourth-order valence-corrected chi connectivity index (χ4v) is 2.74. The van der Waals surface area contributed by atoms with E-state index in [1.165, 1.54) is 37.5 Å². The molecule has 0 saturated heterocycles. The Morgan fingerprint density at radius 1 is 0.794 bits per heavy atom. The van der Waals surface area contributed by atoms with Gasteiger partial charge in [-0.25, -0.2) is 9.59 Å². The molecule has 0 heterocycles. The van der Waals surface area contributed by atoms with Crippen LogP contribution in [0.25, 0.3) is 6.08 Å². The molecule has 0 radical (unpaired) electrons. The maximum atomic E-state index is 12.0. The van der Waals surface area contributed by atoms with E-state index in [0.29, 0.717) is 11.5 Å². The summed E-state index contributed by atoms with van der Waals surface area (Å²) in [5, 5.41) is 29.0. The van der Waals surface area contributed by atoms with Crippen molar-refractivity contribution in [1.82, 2.24) is 0 Å². The molecule has 0 unspecified atom stereocenters. The van der Waals surface area contributed by atoms with Crippen molar-refractivity contribution in [3.05, 3.63) is 89.5 Å². The van der Waals surface area contributed by atoms with Crippen molar-refractivity contribution in [1.29, 1.82) is 0 Å². The molecule has 3 aromatic rings. The molecular formula is C25H23NO8. The van der Waals surface area contributed by atoms with E-state index >= 15 is 0 Å². The number of benzene rings is 3. The number of carbonyl (C=O) groups excluding carboxylic acids is 1. The summed E-state index contributed by atoms with van der Waals surface area (Å²) in [5.74, 6) is -1.70. The van der Waals surface area contributed by atoms with Crippen molar-refractivity contribution < 1.29 is 39.2 Å². The van der Waals surface area contributed by atoms with Crippen molar-refractivity contribution in [2.75, 3.05) is 19.5 Å². The summed E-state index contributed by atoms with van der Waals surface area (Å²) in [4.78, 5) is 33.4. The Hall–Kier alpha value is -4.79. The molecule has 0 atom stereocenters. The first-order chi connectivity index (χ1) is 16.3. The van der Waals surface area contributed by atoms with Gasteiger partial charge in [-0.05, 0) is 48.0 Å². The van der Waals surface area contributed by atoms with Gasteiger partial charge in [0.15, 0.2) is 11.5 Å². The lowest BCUT2D eigenvalue weighted by atomic mass is 10.1. The van der Waals surface area contributed by atoms with Crippen molar-refractivity contribution in [2.45, 2.75) is 0 Å². The molecule has 0 bridgehead atoms. The Balaban J connectivity index is 0.000000340. The van der Waals surface area contributed by atoms with Crippen LogP contribution in [-0.4, -0.2) is 47.4 Å². The zero-order valence-corrected chi connectivity index (χ0v) is 18.4. The molecule has 0 fully saturated rings. The minimum atomic E-state index is -1.11. The number of hydrogen-bond donors (Lipinski definition) is 4. The smallest absolute Gasteiger partial charge is 0.339 e. The molecule has 176 valence electrons. The third-order valence-electron chi connectivity index (χ3n) is 4.38. The number of para-hydroxylation sites is 2. The largest absolute Gasteiger partial charge is 0.507 e. The van der Waals surface area contributed by atoms with Crippen LogP contribution in [0.4, 0.5) is 5.69 Å². The molecule has 3 rings (SSSR count). The number of phenols is 1. The van der Waals surface area contributed by atoms with E-state index in [1.54, 1.807) is 55.7 Å². The molecular weight excluding hydrogens is 442 g/mol. The Morgan fingerprint density at radius 3 is 1.94 bits per heavy atom. The number of nitrogens with one attached hydrogen (secondary N) is 1. The van der Waals surface area contributed by atoms with Crippen LogP contribution in [0.1, 0.15) is 26.3 Å². The number of carboxylic acid groups (broad SMARTS) is 2. The highest BCUT2D eigenvalue weighted by Gasteiger charge is 2.10. The van der Waals surface area contributed by atoms with Crippen molar-refractivity contribution in [2.24, 2.45) is 0 Å². The molecule has 9 nitrogen and oxygen atoms in total. The molecule has 9 heteroatoms. The van der Waals surface area contributed by atoms with Gasteiger partial charge in [0.2, 0.25) is 5.91 Å². The van der Waals surface area contributed by atoms with Gasteiger partial charge in [0.1, 0.15) is 11.3 Å². The van der Waals surface area contributed by atoms with Gasteiger partial charge >= 0.3 is 11.9 Å². The van der Waals surface area contributed by atoms with E-state index in [4.69, 9.17) is 24.8 Å². The van der Waals surface area contributed by atoms with Gasteiger partial charge in [-0.3, -0.25) is 4.79 Å². The number of hydrogen-bond acceptors (Lipinski definition) is 6. The van der Waals surface area contributed by atoms with E-state index < -0.39 is 17.8 Å². The first-order valence-electron chi connectivity index (χ1n) is 9.81. The zero-order valence-electron chi connectivity index (χ0n) is 18.4. The summed E-state index contributed by atoms with van der Waals surface area (Å²) >= 11 is 0. The Bertz CT molecular complexity index is 1200. The van der Waals surface area contributed by atoms with Gasteiger partial charge in [-0.2, -0.15) is 0 Å². The topological polar surface area (TPSA) is 142 Å². The second-order valence-corrected chi connectivity index (χ2v) is 6.61. The zero-order chi connectivity index (χ0) is 25.1. The minimum absolute atomic E-state index is 0.0327. The highest BCUT2D eigenvalue weighted by molar-refractivity contribution is 6.06. The van der Waals surface area contributed by atoms with Crippen LogP contribution in [-0.2, 0) is 4.79 Å². The predicted octanol–water partition coefficient (Wildman–Crippen LogP) is 4.14. The number of carbonyl (C=O) groups is 3. The lowest BCUT2D eigenvalue weighted by Gasteiger charge is -2.08. The maximum Gasteiger partial charge on any atom is 0.339 e. The second kappa shape index (κ2) is 12.3. The number of ether oxygens (including phenoxy) is 2. The number of carboxylic acids is 2. The van der Waals surface area contributed by atoms with Crippen LogP contribution in [0.5, 0.6) is 17.2 Å². The lowest BCUT2D eigenvalue weighted by molar-refractivity contribution is -0.111. The maximum absolute atomic E-state index is 12.0. The van der Waals surface area contributed by atoms with E-state index in [-0.39, 0.29) is 22.6 Å². The fraction of sp³-hybridized carbons (Fsp3) is 0.0800. The second-order valence-electron chi connectivity index (χ2n) is 6.61. The first-order valence-corrected chi connectivity index (χ1v) is 9.81. The number of amides is 1. The van der Waals surface area contributed by atoms with E-state index in [9.17, 15) is 14.4 Å². The Labute approximate surface area is 195 Å².